The number of ether oxygens (including phenoxy) is 1. The molecule has 0 spiro atoms. The topological polar surface area (TPSA) is 134 Å². The van der Waals surface area contributed by atoms with E-state index in [9.17, 15) is 20.2 Å². The van der Waals surface area contributed by atoms with Crippen molar-refractivity contribution in [2.75, 3.05) is 30.4 Å². The Kier molecular flexibility index (Phi) is 6.64. The number of nitrogens with zero attached hydrogens (tertiary/aromatic N) is 5. The van der Waals surface area contributed by atoms with Crippen LogP contribution in [0.3, 0.4) is 0 Å². The predicted molar refractivity (Wildman–Crippen MR) is 125 cm³/mol. The van der Waals surface area contributed by atoms with Crippen molar-refractivity contribution in [1.82, 2.24) is 10.2 Å². The number of hydrogen-bond acceptors (Lipinski definition) is 8. The van der Waals surface area contributed by atoms with Crippen molar-refractivity contribution >= 4 is 23.1 Å². The second kappa shape index (κ2) is 9.95. The van der Waals surface area contributed by atoms with Crippen molar-refractivity contribution in [3.05, 3.63) is 70.3 Å². The SMILES string of the molecule is COc1ccc(-c2ccc(N3CCC(C(=O)Nc4ccc([N+](=O)[O-])cc4C#N)CC3)nn2)cc1. The molecular weight excluding hydrogens is 436 g/mol. The molecule has 0 bridgehead atoms. The number of nitrogens with one attached hydrogen (secondary N) is 1. The van der Waals surface area contributed by atoms with E-state index in [-0.39, 0.29) is 28.8 Å². The number of rotatable bonds is 6. The molecule has 2 heterocycles. The van der Waals surface area contributed by atoms with E-state index in [0.29, 0.717) is 25.9 Å². The standard InChI is InChI=1S/C24H22N6O4/c1-34-20-5-2-16(3-6-20)22-8-9-23(28-27-22)29-12-10-17(11-13-29)24(31)26-21-7-4-19(30(32)33)14-18(21)15-25/h2-9,14,17H,10-13H2,1H3,(H,26,31). The Bertz CT molecular complexity index is 1230. The number of nitriles is 1. The number of nitro benzene ring substituents is 1. The van der Waals surface area contributed by atoms with Crippen LogP contribution in [0.5, 0.6) is 5.75 Å². The van der Waals surface area contributed by atoms with E-state index in [1.54, 1.807) is 7.11 Å². The van der Waals surface area contributed by atoms with E-state index < -0.39 is 4.92 Å². The zero-order chi connectivity index (χ0) is 24.1. The van der Waals surface area contributed by atoms with E-state index in [0.717, 1.165) is 28.9 Å². The molecule has 1 saturated heterocycles. The number of methoxy groups -OCH3 is 1. The van der Waals surface area contributed by atoms with E-state index in [1.165, 1.54) is 12.1 Å². The highest BCUT2D eigenvalue weighted by molar-refractivity contribution is 5.94. The molecule has 3 aromatic rings. The average Bonchev–Trinajstić information content (AvgIpc) is 2.89. The number of benzene rings is 2. The van der Waals surface area contributed by atoms with Gasteiger partial charge in [0.1, 0.15) is 11.8 Å². The molecule has 0 saturated carbocycles. The summed E-state index contributed by atoms with van der Waals surface area (Å²) in [5.74, 6) is 1.09. The fourth-order valence-electron chi connectivity index (χ4n) is 3.86. The molecule has 1 aliphatic heterocycles. The Morgan fingerprint density at radius 3 is 2.47 bits per heavy atom. The summed E-state index contributed by atoms with van der Waals surface area (Å²) in [7, 11) is 1.62. The van der Waals surface area contributed by atoms with Gasteiger partial charge in [0.15, 0.2) is 5.82 Å². The number of amides is 1. The molecule has 1 N–H and O–H groups in total. The summed E-state index contributed by atoms with van der Waals surface area (Å²) < 4.78 is 5.18. The number of carbonyl (C=O) groups excluding carboxylic acids is 1. The average molecular weight is 458 g/mol. The number of piperidine rings is 1. The van der Waals surface area contributed by atoms with Crippen LogP contribution in [0.4, 0.5) is 17.2 Å². The third-order valence-electron chi connectivity index (χ3n) is 5.82. The largest absolute Gasteiger partial charge is 0.497 e. The smallest absolute Gasteiger partial charge is 0.270 e. The van der Waals surface area contributed by atoms with Crippen LogP contribution in [0.1, 0.15) is 18.4 Å². The highest BCUT2D eigenvalue weighted by atomic mass is 16.6. The zero-order valence-electron chi connectivity index (χ0n) is 18.5. The summed E-state index contributed by atoms with van der Waals surface area (Å²) in [4.78, 5) is 25.1. The maximum absolute atomic E-state index is 12.7. The van der Waals surface area contributed by atoms with Crippen LogP contribution in [0.15, 0.2) is 54.6 Å². The van der Waals surface area contributed by atoms with Gasteiger partial charge in [-0.2, -0.15) is 5.26 Å². The van der Waals surface area contributed by atoms with Crippen molar-refractivity contribution in [3.63, 3.8) is 0 Å². The molecule has 4 rings (SSSR count). The zero-order valence-corrected chi connectivity index (χ0v) is 18.5. The molecule has 172 valence electrons. The van der Waals surface area contributed by atoms with Crippen LogP contribution in [0, 0.1) is 27.4 Å². The van der Waals surface area contributed by atoms with Gasteiger partial charge in [-0.05, 0) is 55.3 Å². The number of anilines is 2. The van der Waals surface area contributed by atoms with Gasteiger partial charge in [0, 0.05) is 36.7 Å². The lowest BCUT2D eigenvalue weighted by atomic mass is 9.95. The number of nitro groups is 1. The van der Waals surface area contributed by atoms with Crippen molar-refractivity contribution in [1.29, 1.82) is 5.26 Å². The van der Waals surface area contributed by atoms with Gasteiger partial charge in [0.2, 0.25) is 5.91 Å². The van der Waals surface area contributed by atoms with Gasteiger partial charge in [-0.3, -0.25) is 14.9 Å². The Morgan fingerprint density at radius 2 is 1.88 bits per heavy atom. The molecule has 1 amide bonds. The maximum atomic E-state index is 12.7. The highest BCUT2D eigenvalue weighted by Gasteiger charge is 2.26. The van der Waals surface area contributed by atoms with E-state index >= 15 is 0 Å². The molecule has 0 atom stereocenters. The van der Waals surface area contributed by atoms with Crippen LogP contribution in [-0.2, 0) is 4.79 Å². The van der Waals surface area contributed by atoms with Crippen molar-refractivity contribution < 1.29 is 14.5 Å². The molecular formula is C24H22N6O4. The van der Waals surface area contributed by atoms with Gasteiger partial charge in [0.25, 0.3) is 5.69 Å². The molecule has 10 nitrogen and oxygen atoms in total. The number of carbonyl (C=O) groups is 1. The second-order valence-corrected chi connectivity index (χ2v) is 7.85. The molecule has 1 fully saturated rings. The number of hydrogen-bond donors (Lipinski definition) is 1. The normalized spacial score (nSPS) is 13.7. The fraction of sp³-hybridized carbons (Fsp3) is 0.250. The minimum absolute atomic E-state index is 0.0622. The van der Waals surface area contributed by atoms with Crippen LogP contribution < -0.4 is 15.0 Å². The van der Waals surface area contributed by atoms with E-state index in [4.69, 9.17) is 4.74 Å². The van der Waals surface area contributed by atoms with Gasteiger partial charge in [0.05, 0.1) is 29.0 Å². The first-order chi connectivity index (χ1) is 16.5. The minimum atomic E-state index is -0.575. The lowest BCUT2D eigenvalue weighted by molar-refractivity contribution is -0.384. The maximum Gasteiger partial charge on any atom is 0.270 e. The molecule has 1 aromatic heterocycles. The molecule has 0 unspecified atom stereocenters. The van der Waals surface area contributed by atoms with E-state index in [1.807, 2.05) is 42.5 Å². The van der Waals surface area contributed by atoms with Gasteiger partial charge >= 0.3 is 0 Å². The summed E-state index contributed by atoms with van der Waals surface area (Å²) in [6.45, 7) is 1.28. The third-order valence-corrected chi connectivity index (χ3v) is 5.82. The first-order valence-corrected chi connectivity index (χ1v) is 10.7. The van der Waals surface area contributed by atoms with Gasteiger partial charge in [-0.25, -0.2) is 0 Å². The summed E-state index contributed by atoms with van der Waals surface area (Å²) in [6.07, 6.45) is 1.23. The first kappa shape index (κ1) is 22.7. The van der Waals surface area contributed by atoms with Crippen LogP contribution in [0.2, 0.25) is 0 Å². The van der Waals surface area contributed by atoms with Crippen molar-refractivity contribution in [3.8, 4) is 23.1 Å². The van der Waals surface area contributed by atoms with Crippen LogP contribution in [0.25, 0.3) is 11.3 Å². The molecule has 1 aliphatic rings. The van der Waals surface area contributed by atoms with Crippen LogP contribution >= 0.6 is 0 Å². The number of non-ortho nitro benzene ring substituents is 1. The quantitative estimate of drug-likeness (QED) is 0.435. The Hall–Kier alpha value is -4.52. The van der Waals surface area contributed by atoms with E-state index in [2.05, 4.69) is 20.4 Å². The summed E-state index contributed by atoms with van der Waals surface area (Å²) in [5, 5.41) is 31.6. The lowest BCUT2D eigenvalue weighted by Gasteiger charge is -2.31. The van der Waals surface area contributed by atoms with Crippen molar-refractivity contribution in [2.45, 2.75) is 12.8 Å². The summed E-state index contributed by atoms with van der Waals surface area (Å²) in [5.41, 5.74) is 1.85. The molecule has 2 aromatic carbocycles. The Balaban J connectivity index is 1.35. The van der Waals surface area contributed by atoms with Gasteiger partial charge < -0.3 is 15.0 Å². The molecule has 0 radical (unpaired) electrons. The molecule has 10 heteroatoms. The Morgan fingerprint density at radius 1 is 1.15 bits per heavy atom. The minimum Gasteiger partial charge on any atom is -0.497 e. The van der Waals surface area contributed by atoms with Gasteiger partial charge in [-0.15, -0.1) is 10.2 Å². The Labute approximate surface area is 195 Å². The predicted octanol–water partition coefficient (Wildman–Crippen LogP) is 3.79. The monoisotopic (exact) mass is 458 g/mol. The number of aromatic nitrogens is 2. The molecule has 34 heavy (non-hydrogen) atoms. The second-order valence-electron chi connectivity index (χ2n) is 7.85. The fourth-order valence-corrected chi connectivity index (χ4v) is 3.86. The third kappa shape index (κ3) is 4.94. The van der Waals surface area contributed by atoms with Crippen LogP contribution in [-0.4, -0.2) is 41.2 Å². The lowest BCUT2D eigenvalue weighted by Crippen LogP contribution is -2.38. The van der Waals surface area contributed by atoms with Crippen molar-refractivity contribution in [2.24, 2.45) is 5.92 Å². The van der Waals surface area contributed by atoms with Gasteiger partial charge in [-0.1, -0.05) is 0 Å². The first-order valence-electron chi connectivity index (χ1n) is 10.7. The summed E-state index contributed by atoms with van der Waals surface area (Å²) >= 11 is 0. The molecule has 0 aliphatic carbocycles. The highest BCUT2D eigenvalue weighted by Crippen LogP contribution is 2.27. The summed E-state index contributed by atoms with van der Waals surface area (Å²) in [6, 6.07) is 17.2.